The molecule has 1 saturated heterocycles. The minimum atomic E-state index is -0.961. The Labute approximate surface area is 186 Å². The van der Waals surface area contributed by atoms with Crippen LogP contribution < -0.4 is 10.6 Å². The van der Waals surface area contributed by atoms with Crippen LogP contribution in [0.4, 0.5) is 14.5 Å². The second-order valence-corrected chi connectivity index (χ2v) is 7.90. The zero-order valence-electron chi connectivity index (χ0n) is 17.5. The van der Waals surface area contributed by atoms with E-state index in [9.17, 15) is 18.7 Å². The van der Waals surface area contributed by atoms with Gasteiger partial charge in [-0.15, -0.1) is 0 Å². The predicted molar refractivity (Wildman–Crippen MR) is 117 cm³/mol. The van der Waals surface area contributed by atoms with Gasteiger partial charge in [-0.2, -0.15) is 5.10 Å². The van der Waals surface area contributed by atoms with Crippen molar-refractivity contribution >= 4 is 22.6 Å². The first-order valence-corrected chi connectivity index (χ1v) is 10.5. The maximum absolute atomic E-state index is 14.0. The quantitative estimate of drug-likeness (QED) is 0.313. The fraction of sp³-hybridized carbons (Fsp3) is 0.227. The number of halogens is 2. The summed E-state index contributed by atoms with van der Waals surface area (Å²) in [6.07, 6.45) is 1.34. The number of fused-ring (bicyclic) bond motifs is 1. The Bertz CT molecular complexity index is 1310. The molecule has 0 atom stereocenters. The van der Waals surface area contributed by atoms with Crippen LogP contribution >= 0.6 is 0 Å². The fourth-order valence-corrected chi connectivity index (χ4v) is 4.04. The fourth-order valence-electron chi connectivity index (χ4n) is 4.04. The summed E-state index contributed by atoms with van der Waals surface area (Å²) in [5.41, 5.74) is 1.88. The molecular weight excluding hydrogens is 432 g/mol. The van der Waals surface area contributed by atoms with Gasteiger partial charge in [0.25, 0.3) is 5.91 Å². The SMILES string of the molecule is O=C(Nc1cn[nH]c1-c1nc2c(CN3CC[NH2+]CC3)c(O)ccc2[nH]1)c1c(F)cccc1F. The number of imidazole rings is 1. The van der Waals surface area contributed by atoms with Crippen LogP contribution in [0, 0.1) is 11.6 Å². The van der Waals surface area contributed by atoms with Crippen LogP contribution in [0.3, 0.4) is 0 Å². The van der Waals surface area contributed by atoms with Gasteiger partial charge in [-0.3, -0.25) is 14.8 Å². The molecule has 1 aliphatic rings. The topological polar surface area (TPSA) is 127 Å². The number of aromatic nitrogens is 4. The maximum Gasteiger partial charge on any atom is 0.261 e. The third-order valence-electron chi connectivity index (χ3n) is 5.73. The predicted octanol–water partition coefficient (Wildman–Crippen LogP) is 1.57. The minimum absolute atomic E-state index is 0.156. The summed E-state index contributed by atoms with van der Waals surface area (Å²) in [7, 11) is 0. The van der Waals surface area contributed by atoms with E-state index < -0.39 is 23.1 Å². The molecule has 6 N–H and O–H groups in total. The summed E-state index contributed by atoms with van der Waals surface area (Å²) in [6.45, 7) is 4.39. The Hall–Kier alpha value is -3.83. The second-order valence-electron chi connectivity index (χ2n) is 7.90. The molecule has 2 aromatic carbocycles. The number of carbonyl (C=O) groups is 1. The molecule has 1 aliphatic heterocycles. The van der Waals surface area contributed by atoms with Gasteiger partial charge in [0.2, 0.25) is 0 Å². The number of aromatic amines is 2. The number of piperazine rings is 1. The number of anilines is 1. The van der Waals surface area contributed by atoms with Crippen LogP contribution in [0.1, 0.15) is 15.9 Å². The zero-order chi connectivity index (χ0) is 22.9. The lowest BCUT2D eigenvalue weighted by molar-refractivity contribution is -0.663. The molecule has 0 aliphatic carbocycles. The number of aromatic hydroxyl groups is 1. The largest absolute Gasteiger partial charge is 0.508 e. The smallest absolute Gasteiger partial charge is 0.261 e. The molecule has 11 heteroatoms. The molecule has 1 amide bonds. The molecule has 0 bridgehead atoms. The molecule has 0 unspecified atom stereocenters. The Morgan fingerprint density at radius 1 is 1.18 bits per heavy atom. The number of hydrogen-bond acceptors (Lipinski definition) is 5. The van der Waals surface area contributed by atoms with Crippen LogP contribution in [0.25, 0.3) is 22.6 Å². The van der Waals surface area contributed by atoms with Gasteiger partial charge in [-0.25, -0.2) is 13.8 Å². The third kappa shape index (κ3) is 4.03. The van der Waals surface area contributed by atoms with E-state index in [4.69, 9.17) is 0 Å². The first-order chi connectivity index (χ1) is 16.0. The first-order valence-electron chi connectivity index (χ1n) is 10.5. The second kappa shape index (κ2) is 8.60. The monoisotopic (exact) mass is 454 g/mol. The van der Waals surface area contributed by atoms with Gasteiger partial charge in [0.1, 0.15) is 28.6 Å². The number of H-pyrrole nitrogens is 2. The minimum Gasteiger partial charge on any atom is -0.508 e. The molecule has 170 valence electrons. The van der Waals surface area contributed by atoms with Gasteiger partial charge in [-0.1, -0.05) is 6.07 Å². The number of carbonyl (C=O) groups excluding carboxylic acids is 1. The molecule has 0 saturated carbocycles. The van der Waals surface area contributed by atoms with Crippen molar-refractivity contribution in [2.45, 2.75) is 6.54 Å². The average Bonchev–Trinajstić information content (AvgIpc) is 3.43. The number of nitrogens with zero attached hydrogens (tertiary/aromatic N) is 3. The summed E-state index contributed by atoms with van der Waals surface area (Å²) in [5.74, 6) is -2.34. The van der Waals surface area contributed by atoms with Crippen molar-refractivity contribution in [3.05, 3.63) is 59.3 Å². The van der Waals surface area contributed by atoms with Crippen LogP contribution in [0.15, 0.2) is 36.5 Å². The molecule has 2 aromatic heterocycles. The van der Waals surface area contributed by atoms with Crippen LogP contribution in [-0.4, -0.2) is 62.3 Å². The number of nitrogens with one attached hydrogen (secondary N) is 3. The van der Waals surface area contributed by atoms with E-state index in [0.717, 1.165) is 38.3 Å². The van der Waals surface area contributed by atoms with E-state index in [2.05, 4.69) is 35.7 Å². The van der Waals surface area contributed by atoms with Crippen molar-refractivity contribution in [3.8, 4) is 17.3 Å². The summed E-state index contributed by atoms with van der Waals surface area (Å²) in [6, 6.07) is 6.56. The Morgan fingerprint density at radius 2 is 1.94 bits per heavy atom. The molecule has 33 heavy (non-hydrogen) atoms. The van der Waals surface area contributed by atoms with Crippen molar-refractivity contribution in [3.63, 3.8) is 0 Å². The molecule has 3 heterocycles. The number of phenolic OH excluding ortho intramolecular Hbond substituents is 1. The van der Waals surface area contributed by atoms with Crippen molar-refractivity contribution in [2.24, 2.45) is 0 Å². The van der Waals surface area contributed by atoms with Gasteiger partial charge in [0.05, 0.1) is 36.0 Å². The molecule has 4 aromatic rings. The van der Waals surface area contributed by atoms with Crippen molar-refractivity contribution in [1.82, 2.24) is 25.1 Å². The van der Waals surface area contributed by atoms with Gasteiger partial charge < -0.3 is 20.7 Å². The highest BCUT2D eigenvalue weighted by atomic mass is 19.1. The van der Waals surface area contributed by atoms with Gasteiger partial charge >= 0.3 is 0 Å². The van der Waals surface area contributed by atoms with E-state index in [1.54, 1.807) is 12.1 Å². The first kappa shape index (κ1) is 21.0. The van der Waals surface area contributed by atoms with E-state index >= 15 is 0 Å². The van der Waals surface area contributed by atoms with E-state index in [1.165, 1.54) is 12.3 Å². The van der Waals surface area contributed by atoms with Crippen LogP contribution in [0.5, 0.6) is 5.75 Å². The molecule has 1 fully saturated rings. The lowest BCUT2D eigenvalue weighted by atomic mass is 10.1. The van der Waals surface area contributed by atoms with Gasteiger partial charge in [0, 0.05) is 25.2 Å². The summed E-state index contributed by atoms with van der Waals surface area (Å²) < 4.78 is 28.0. The number of amides is 1. The molecular formula is C22H22F2N7O2+. The van der Waals surface area contributed by atoms with Crippen LogP contribution in [-0.2, 0) is 6.54 Å². The van der Waals surface area contributed by atoms with E-state index in [0.29, 0.717) is 34.7 Å². The van der Waals surface area contributed by atoms with Gasteiger partial charge in [0.15, 0.2) is 5.82 Å². The number of phenols is 1. The highest BCUT2D eigenvalue weighted by Crippen LogP contribution is 2.31. The van der Waals surface area contributed by atoms with Crippen molar-refractivity contribution < 1.29 is 24.0 Å². The number of benzene rings is 2. The Kier molecular flexibility index (Phi) is 5.48. The Morgan fingerprint density at radius 3 is 2.70 bits per heavy atom. The average molecular weight is 454 g/mol. The van der Waals surface area contributed by atoms with Gasteiger partial charge in [-0.05, 0) is 24.3 Å². The number of quaternary nitrogens is 1. The molecule has 0 radical (unpaired) electrons. The van der Waals surface area contributed by atoms with Crippen molar-refractivity contribution in [1.29, 1.82) is 0 Å². The Balaban J connectivity index is 1.47. The van der Waals surface area contributed by atoms with E-state index in [1.807, 2.05) is 0 Å². The highest BCUT2D eigenvalue weighted by Gasteiger charge is 2.22. The number of rotatable bonds is 5. The lowest BCUT2D eigenvalue weighted by Crippen LogP contribution is -2.89. The zero-order valence-corrected chi connectivity index (χ0v) is 17.5. The molecule has 0 spiro atoms. The van der Waals surface area contributed by atoms with E-state index in [-0.39, 0.29) is 11.4 Å². The summed E-state index contributed by atoms with van der Waals surface area (Å²) in [5, 5.41) is 21.9. The highest BCUT2D eigenvalue weighted by molar-refractivity contribution is 6.06. The normalized spacial score (nSPS) is 14.6. The number of nitrogens with two attached hydrogens (primary N) is 1. The maximum atomic E-state index is 14.0. The van der Waals surface area contributed by atoms with Crippen LogP contribution in [0.2, 0.25) is 0 Å². The molecule has 9 nitrogen and oxygen atoms in total. The summed E-state index contributed by atoms with van der Waals surface area (Å²) in [4.78, 5) is 22.6. The summed E-state index contributed by atoms with van der Waals surface area (Å²) >= 11 is 0. The number of hydrogen-bond donors (Lipinski definition) is 5. The standard InChI is InChI=1S/C22H21F2N7O2/c23-13-2-1-3-14(24)18(13)22(33)28-16-10-26-30-20(16)21-27-15-4-5-17(32)12(19(15)29-21)11-31-8-6-25-7-9-31/h1-5,10,25,32H,6-9,11H2,(H,26,30)(H,27,29)(H,28,33)/p+1. The molecule has 5 rings (SSSR count). The lowest BCUT2D eigenvalue weighted by Gasteiger charge is -2.25. The van der Waals surface area contributed by atoms with Crippen molar-refractivity contribution in [2.75, 3.05) is 31.5 Å². The third-order valence-corrected chi connectivity index (χ3v) is 5.73.